The van der Waals surface area contributed by atoms with Gasteiger partial charge in [-0.3, -0.25) is 0 Å². The lowest BCUT2D eigenvalue weighted by atomic mass is 10.1. The van der Waals surface area contributed by atoms with E-state index in [1.807, 2.05) is 66.7 Å². The maximum absolute atomic E-state index is 11.5. The summed E-state index contributed by atoms with van der Waals surface area (Å²) >= 11 is 0. The number of aromatic hydroxyl groups is 1. The highest BCUT2D eigenvalue weighted by Gasteiger charge is 2.33. The molecular weight excluding hydrogens is 451 g/mol. The number of phenolic OH excluding ortho intramolecular Hbond substituents is 1. The van der Waals surface area contributed by atoms with Crippen LogP contribution in [0.1, 0.15) is 0 Å². The molecule has 34 heavy (non-hydrogen) atoms. The fourth-order valence-electron chi connectivity index (χ4n) is 4.04. The Morgan fingerprint density at radius 1 is 0.588 bits per heavy atom. The van der Waals surface area contributed by atoms with Crippen LogP contribution < -0.4 is 39.6 Å². The number of phenols is 1. The van der Waals surface area contributed by atoms with Gasteiger partial charge in [-0.25, -0.2) is 0 Å². The van der Waals surface area contributed by atoms with Gasteiger partial charge in [0.25, 0.3) is 0 Å². The smallest absolute Gasteiger partial charge is 0.134 e. The summed E-state index contributed by atoms with van der Waals surface area (Å²) < 4.78 is 28.7. The molecule has 1 atom stereocenters. The van der Waals surface area contributed by atoms with E-state index in [4.69, 9.17) is 23.7 Å². The molecule has 0 aliphatic heterocycles. The first-order valence-electron chi connectivity index (χ1n) is 10.6. The van der Waals surface area contributed by atoms with Crippen molar-refractivity contribution in [3.63, 3.8) is 0 Å². The summed E-state index contributed by atoms with van der Waals surface area (Å²) in [5.41, 5.74) is 0. The molecule has 1 N–H and O–H groups in total. The summed E-state index contributed by atoms with van der Waals surface area (Å²) in [7, 11) is 6.57. The average molecular weight is 478 g/mol. The number of hydrogen-bond acceptors (Lipinski definition) is 6. The Bertz CT molecular complexity index is 1270. The topological polar surface area (TPSA) is 66.4 Å². The van der Waals surface area contributed by atoms with Crippen molar-refractivity contribution in [2.45, 2.75) is 0 Å². The van der Waals surface area contributed by atoms with E-state index in [1.165, 1.54) is 0 Å². The van der Waals surface area contributed by atoms with Crippen molar-refractivity contribution in [1.29, 1.82) is 0 Å². The van der Waals surface area contributed by atoms with Gasteiger partial charge in [0.15, 0.2) is 0 Å². The van der Waals surface area contributed by atoms with Gasteiger partial charge < -0.3 is 28.8 Å². The summed E-state index contributed by atoms with van der Waals surface area (Å²) in [6.45, 7) is 0. The van der Waals surface area contributed by atoms with Crippen LogP contribution in [-0.2, 0) is 0 Å². The van der Waals surface area contributed by atoms with Crippen LogP contribution in [0.25, 0.3) is 10.8 Å². The molecule has 0 radical (unpaired) electrons. The number of benzene rings is 4. The molecular formula is C27H27O6P. The lowest BCUT2D eigenvalue weighted by Crippen LogP contribution is -2.26. The molecule has 0 heterocycles. The lowest BCUT2D eigenvalue weighted by molar-refractivity contribution is 0.380. The van der Waals surface area contributed by atoms with Crippen LogP contribution in [0.15, 0.2) is 66.7 Å². The molecule has 0 amide bonds. The largest absolute Gasteiger partial charge is 0.507 e. The van der Waals surface area contributed by atoms with Crippen molar-refractivity contribution in [3.8, 4) is 34.5 Å². The summed E-state index contributed by atoms with van der Waals surface area (Å²) in [5, 5.41) is 15.5. The first-order chi connectivity index (χ1) is 16.6. The minimum absolute atomic E-state index is 0.192. The fraction of sp³-hybridized carbons (Fsp3) is 0.185. The number of methoxy groups -OCH3 is 5. The molecule has 0 bridgehead atoms. The second kappa shape index (κ2) is 10.1. The molecule has 4 aromatic rings. The van der Waals surface area contributed by atoms with Crippen LogP contribution in [0.3, 0.4) is 0 Å². The van der Waals surface area contributed by atoms with Gasteiger partial charge in [-0.1, -0.05) is 36.4 Å². The predicted octanol–water partition coefficient (Wildman–Crippen LogP) is 4.35. The van der Waals surface area contributed by atoms with Crippen molar-refractivity contribution in [3.05, 3.63) is 66.7 Å². The molecule has 4 aromatic carbocycles. The molecule has 4 rings (SSSR count). The summed E-state index contributed by atoms with van der Waals surface area (Å²) in [5.74, 6) is 3.21. The van der Waals surface area contributed by atoms with Crippen LogP contribution in [0.4, 0.5) is 0 Å². The molecule has 0 aromatic heterocycles. The molecule has 0 saturated carbocycles. The Hall–Kier alpha value is -3.63. The van der Waals surface area contributed by atoms with Crippen LogP contribution in [0, 0.1) is 0 Å². The Morgan fingerprint density at radius 3 is 1.71 bits per heavy atom. The van der Waals surface area contributed by atoms with Crippen LogP contribution in [0.2, 0.25) is 0 Å². The average Bonchev–Trinajstić information content (AvgIpc) is 2.89. The van der Waals surface area contributed by atoms with E-state index in [2.05, 4.69) is 0 Å². The third-order valence-electron chi connectivity index (χ3n) is 5.66. The number of rotatable bonds is 8. The fourth-order valence-corrected chi connectivity index (χ4v) is 6.82. The van der Waals surface area contributed by atoms with E-state index in [-0.39, 0.29) is 5.75 Å². The summed E-state index contributed by atoms with van der Waals surface area (Å²) in [4.78, 5) is 0. The Balaban J connectivity index is 2.15. The predicted molar refractivity (Wildman–Crippen MR) is 137 cm³/mol. The molecule has 1 unspecified atom stereocenters. The first kappa shape index (κ1) is 23.5. The van der Waals surface area contributed by atoms with Crippen molar-refractivity contribution in [2.75, 3.05) is 35.5 Å². The SMILES string of the molecule is COc1cc(OC)c(P(c2ccc3ccccc3c2O)c2c(OC)cccc2OC)c(OC)c1. The van der Waals surface area contributed by atoms with Gasteiger partial charge in [0.05, 0.1) is 46.2 Å². The molecule has 0 aliphatic rings. The van der Waals surface area contributed by atoms with E-state index in [9.17, 15) is 5.11 Å². The van der Waals surface area contributed by atoms with Crippen molar-refractivity contribution in [1.82, 2.24) is 0 Å². The molecule has 176 valence electrons. The van der Waals surface area contributed by atoms with Gasteiger partial charge in [-0.15, -0.1) is 0 Å². The summed E-state index contributed by atoms with van der Waals surface area (Å²) in [6.07, 6.45) is 0. The molecule has 0 spiro atoms. The van der Waals surface area contributed by atoms with E-state index in [1.54, 1.807) is 35.5 Å². The van der Waals surface area contributed by atoms with Gasteiger partial charge in [0.1, 0.15) is 34.5 Å². The van der Waals surface area contributed by atoms with Gasteiger partial charge in [-0.05, 0) is 23.6 Å². The highest BCUT2D eigenvalue weighted by Crippen LogP contribution is 2.49. The Labute approximate surface area is 200 Å². The molecule has 0 saturated heterocycles. The van der Waals surface area contributed by atoms with Gasteiger partial charge >= 0.3 is 0 Å². The zero-order chi connectivity index (χ0) is 24.2. The molecule has 0 aliphatic carbocycles. The van der Waals surface area contributed by atoms with Crippen molar-refractivity contribution in [2.24, 2.45) is 0 Å². The van der Waals surface area contributed by atoms with Gasteiger partial charge in [0, 0.05) is 30.7 Å². The summed E-state index contributed by atoms with van der Waals surface area (Å²) in [6, 6.07) is 20.9. The van der Waals surface area contributed by atoms with Crippen molar-refractivity contribution >= 4 is 34.6 Å². The third kappa shape index (κ3) is 4.06. The lowest BCUT2D eigenvalue weighted by Gasteiger charge is -2.27. The van der Waals surface area contributed by atoms with Gasteiger partial charge in [0.2, 0.25) is 0 Å². The minimum Gasteiger partial charge on any atom is -0.507 e. The second-order valence-corrected chi connectivity index (χ2v) is 9.43. The maximum atomic E-state index is 11.5. The normalized spacial score (nSPS) is 11.7. The standard InChI is InChI=1S/C27H27O6P/c1-29-18-15-22(32-4)27(23(16-18)33-5)34(26-20(30-2)11-8-12-21(26)31-3)24-14-13-17-9-6-7-10-19(17)25(24)28/h6-16,28H,1-5H3. The molecule has 6 nitrogen and oxygen atoms in total. The van der Waals surface area contributed by atoms with Gasteiger partial charge in [-0.2, -0.15) is 0 Å². The maximum Gasteiger partial charge on any atom is 0.134 e. The third-order valence-corrected chi connectivity index (χ3v) is 8.28. The highest BCUT2D eigenvalue weighted by molar-refractivity contribution is 7.80. The number of ether oxygens (including phenoxy) is 5. The van der Waals surface area contributed by atoms with E-state index in [0.717, 1.165) is 26.7 Å². The van der Waals surface area contributed by atoms with Crippen LogP contribution >= 0.6 is 7.92 Å². The first-order valence-corrected chi connectivity index (χ1v) is 11.9. The van der Waals surface area contributed by atoms with E-state index in [0.29, 0.717) is 28.7 Å². The number of fused-ring (bicyclic) bond motifs is 1. The zero-order valence-corrected chi connectivity index (χ0v) is 20.7. The zero-order valence-electron chi connectivity index (χ0n) is 19.8. The Morgan fingerprint density at radius 2 is 1.15 bits per heavy atom. The van der Waals surface area contributed by atoms with Crippen molar-refractivity contribution < 1.29 is 28.8 Å². The molecule has 0 fully saturated rings. The van der Waals surface area contributed by atoms with E-state index >= 15 is 0 Å². The van der Waals surface area contributed by atoms with Crippen LogP contribution in [-0.4, -0.2) is 40.7 Å². The van der Waals surface area contributed by atoms with Crippen LogP contribution in [0.5, 0.6) is 34.5 Å². The highest BCUT2D eigenvalue weighted by atomic mass is 31.1. The quantitative estimate of drug-likeness (QED) is 0.380. The Kier molecular flexibility index (Phi) is 6.99. The second-order valence-electron chi connectivity index (χ2n) is 7.38. The minimum atomic E-state index is -1.47. The molecule has 7 heteroatoms. The number of hydrogen-bond donors (Lipinski definition) is 1. The van der Waals surface area contributed by atoms with E-state index < -0.39 is 7.92 Å². The monoisotopic (exact) mass is 478 g/mol.